The fourth-order valence-corrected chi connectivity index (χ4v) is 3.25. The van der Waals surface area contributed by atoms with Crippen molar-refractivity contribution in [3.8, 4) is 5.75 Å². The molecule has 0 aliphatic carbocycles. The number of nitrogens with zero attached hydrogens (tertiary/aromatic N) is 1. The van der Waals surface area contributed by atoms with Crippen LogP contribution >= 0.6 is 0 Å². The molecule has 3 N–H and O–H groups in total. The Bertz CT molecular complexity index is 1180. The van der Waals surface area contributed by atoms with E-state index in [1.807, 2.05) is 48.7 Å². The highest BCUT2D eigenvalue weighted by Gasteiger charge is 2.12. The molecule has 8 nitrogen and oxygen atoms in total. The van der Waals surface area contributed by atoms with E-state index in [0.717, 1.165) is 18.5 Å². The maximum atomic E-state index is 12.2. The second kappa shape index (κ2) is 10.2. The van der Waals surface area contributed by atoms with Crippen molar-refractivity contribution in [2.45, 2.75) is 19.6 Å². The van der Waals surface area contributed by atoms with Crippen molar-refractivity contribution < 1.29 is 18.7 Å². The van der Waals surface area contributed by atoms with E-state index in [1.54, 1.807) is 6.07 Å². The summed E-state index contributed by atoms with van der Waals surface area (Å²) < 4.78 is 13.2. The fraction of sp³-hybridized carbons (Fsp3) is 0.167. The molecule has 0 aliphatic rings. The lowest BCUT2D eigenvalue weighted by atomic mass is 10.2. The average Bonchev–Trinajstić information content (AvgIpc) is 3.47. The smallest absolute Gasteiger partial charge is 0.333 e. The minimum absolute atomic E-state index is 0.0800. The first-order valence-electron chi connectivity index (χ1n) is 10.3. The number of hydrogen-bond donors (Lipinski definition) is 3. The number of ether oxygens (including phenoxy) is 1. The summed E-state index contributed by atoms with van der Waals surface area (Å²) in [6, 6.07) is 22.2. The second-order valence-corrected chi connectivity index (χ2v) is 7.12. The van der Waals surface area contributed by atoms with E-state index in [9.17, 15) is 9.59 Å². The predicted octanol–water partition coefficient (Wildman–Crippen LogP) is 3.85. The molecule has 0 atom stereocenters. The van der Waals surface area contributed by atoms with Crippen LogP contribution in [0.2, 0.25) is 0 Å². The highest BCUT2D eigenvalue weighted by atomic mass is 16.5. The highest BCUT2D eigenvalue weighted by Crippen LogP contribution is 2.15. The number of benzene rings is 2. The number of aryl methyl sites for hydroxylation is 1. The summed E-state index contributed by atoms with van der Waals surface area (Å²) in [4.78, 5) is 24.1. The van der Waals surface area contributed by atoms with Gasteiger partial charge in [-0.1, -0.05) is 36.4 Å². The molecule has 2 aromatic carbocycles. The normalized spacial score (nSPS) is 10.6. The molecular weight excluding hydrogens is 408 g/mol. The minimum atomic E-state index is -0.551. The molecule has 0 bridgehead atoms. The van der Waals surface area contributed by atoms with Crippen molar-refractivity contribution >= 4 is 22.8 Å². The monoisotopic (exact) mass is 432 g/mol. The van der Waals surface area contributed by atoms with Gasteiger partial charge in [-0.25, -0.2) is 10.2 Å². The summed E-state index contributed by atoms with van der Waals surface area (Å²) in [5.41, 5.74) is 5.81. The van der Waals surface area contributed by atoms with Crippen LogP contribution in [0.15, 0.2) is 83.4 Å². The number of hydrazine groups is 1. The van der Waals surface area contributed by atoms with E-state index in [-0.39, 0.29) is 12.4 Å². The van der Waals surface area contributed by atoms with Gasteiger partial charge in [0, 0.05) is 24.8 Å². The van der Waals surface area contributed by atoms with E-state index in [1.165, 1.54) is 11.5 Å². The molecule has 0 saturated heterocycles. The highest BCUT2D eigenvalue weighted by molar-refractivity contribution is 5.92. The number of fused-ring (bicyclic) bond motifs is 1. The molecule has 3 amide bonds. The number of amides is 3. The SMILES string of the molecule is O=C(NCCCn1ccc2ccccc21)NNC(=O)c1ccc(COc2ccccc2)o1. The van der Waals surface area contributed by atoms with Crippen LogP contribution in [0.25, 0.3) is 10.9 Å². The third-order valence-electron chi connectivity index (χ3n) is 4.84. The van der Waals surface area contributed by atoms with E-state index in [0.29, 0.717) is 18.1 Å². The Hall–Kier alpha value is -4.20. The first-order valence-corrected chi connectivity index (χ1v) is 10.3. The maximum absolute atomic E-state index is 12.2. The summed E-state index contributed by atoms with van der Waals surface area (Å²) >= 11 is 0. The topological polar surface area (TPSA) is 97.5 Å². The van der Waals surface area contributed by atoms with Crippen LogP contribution in [0.1, 0.15) is 22.7 Å². The minimum Gasteiger partial charge on any atom is -0.486 e. The summed E-state index contributed by atoms with van der Waals surface area (Å²) in [5, 5.41) is 3.90. The van der Waals surface area contributed by atoms with Crippen molar-refractivity contribution in [2.75, 3.05) is 6.54 Å². The van der Waals surface area contributed by atoms with Crippen LogP contribution < -0.4 is 20.9 Å². The van der Waals surface area contributed by atoms with Crippen molar-refractivity contribution in [3.05, 3.63) is 90.5 Å². The van der Waals surface area contributed by atoms with Gasteiger partial charge in [-0.3, -0.25) is 10.2 Å². The summed E-state index contributed by atoms with van der Waals surface area (Å²) in [7, 11) is 0. The number of para-hydroxylation sites is 2. The molecule has 0 spiro atoms. The van der Waals surface area contributed by atoms with Gasteiger partial charge in [0.05, 0.1) is 0 Å². The molecule has 0 fully saturated rings. The summed E-state index contributed by atoms with van der Waals surface area (Å²) in [6.45, 7) is 1.44. The predicted molar refractivity (Wildman–Crippen MR) is 120 cm³/mol. The molecule has 0 unspecified atom stereocenters. The molecular formula is C24H24N4O4. The van der Waals surface area contributed by atoms with Crippen LogP contribution in [0.5, 0.6) is 5.75 Å². The summed E-state index contributed by atoms with van der Waals surface area (Å²) in [5.74, 6) is 0.737. The van der Waals surface area contributed by atoms with E-state index < -0.39 is 11.9 Å². The zero-order valence-corrected chi connectivity index (χ0v) is 17.4. The molecule has 2 aromatic heterocycles. The Morgan fingerprint density at radius 1 is 0.906 bits per heavy atom. The van der Waals surface area contributed by atoms with Gasteiger partial charge >= 0.3 is 11.9 Å². The standard InChI is InChI=1S/C24H24N4O4/c29-23(22-12-11-20(32-22)17-31-19-8-2-1-3-9-19)26-27-24(30)25-14-6-15-28-16-13-18-7-4-5-10-21(18)28/h1-5,7-13,16H,6,14-15,17H2,(H,26,29)(H2,25,27,30). The number of aromatic nitrogens is 1. The van der Waals surface area contributed by atoms with Crippen molar-refractivity contribution in [1.82, 2.24) is 20.7 Å². The molecule has 164 valence electrons. The molecule has 2 heterocycles. The molecule has 4 aromatic rings. The first-order chi connectivity index (χ1) is 15.7. The van der Waals surface area contributed by atoms with Gasteiger partial charge in [0.25, 0.3) is 0 Å². The lowest BCUT2D eigenvalue weighted by Crippen LogP contribution is -2.47. The Balaban J connectivity index is 1.15. The third-order valence-corrected chi connectivity index (χ3v) is 4.84. The largest absolute Gasteiger partial charge is 0.486 e. The number of rotatable bonds is 8. The van der Waals surface area contributed by atoms with E-state index in [4.69, 9.17) is 9.15 Å². The van der Waals surface area contributed by atoms with Gasteiger partial charge in [-0.05, 0) is 48.2 Å². The second-order valence-electron chi connectivity index (χ2n) is 7.12. The average molecular weight is 432 g/mol. The Morgan fingerprint density at radius 2 is 1.72 bits per heavy atom. The van der Waals surface area contributed by atoms with Crippen molar-refractivity contribution in [2.24, 2.45) is 0 Å². The Kier molecular flexibility index (Phi) is 6.72. The molecule has 0 aliphatic heterocycles. The van der Waals surface area contributed by atoms with Gasteiger partial charge in [0.1, 0.15) is 18.1 Å². The number of furan rings is 1. The molecule has 4 rings (SSSR count). The first kappa shape index (κ1) is 21.0. The zero-order chi connectivity index (χ0) is 22.2. The molecule has 0 saturated carbocycles. The van der Waals surface area contributed by atoms with Gasteiger partial charge in [-0.15, -0.1) is 0 Å². The van der Waals surface area contributed by atoms with E-state index >= 15 is 0 Å². The van der Waals surface area contributed by atoms with Gasteiger partial charge in [0.2, 0.25) is 0 Å². The van der Waals surface area contributed by atoms with Crippen molar-refractivity contribution in [1.29, 1.82) is 0 Å². The Labute approximate surface area is 185 Å². The molecule has 0 radical (unpaired) electrons. The van der Waals surface area contributed by atoms with Crippen LogP contribution in [-0.2, 0) is 13.2 Å². The van der Waals surface area contributed by atoms with E-state index in [2.05, 4.69) is 38.9 Å². The molecule has 32 heavy (non-hydrogen) atoms. The zero-order valence-electron chi connectivity index (χ0n) is 17.4. The molecule has 8 heteroatoms. The quantitative estimate of drug-likeness (QED) is 0.291. The van der Waals surface area contributed by atoms with Gasteiger partial charge in [-0.2, -0.15) is 0 Å². The van der Waals surface area contributed by atoms with Crippen LogP contribution in [0, 0.1) is 0 Å². The number of carbonyl (C=O) groups is 2. The lowest BCUT2D eigenvalue weighted by molar-refractivity contribution is 0.0904. The maximum Gasteiger partial charge on any atom is 0.333 e. The lowest BCUT2D eigenvalue weighted by Gasteiger charge is -2.09. The number of nitrogens with one attached hydrogen (secondary N) is 3. The number of carbonyl (C=O) groups excluding carboxylic acids is 2. The Morgan fingerprint density at radius 3 is 2.59 bits per heavy atom. The van der Waals surface area contributed by atoms with Gasteiger partial charge < -0.3 is 19.0 Å². The van der Waals surface area contributed by atoms with Crippen molar-refractivity contribution in [3.63, 3.8) is 0 Å². The fourth-order valence-electron chi connectivity index (χ4n) is 3.25. The van der Waals surface area contributed by atoms with Crippen LogP contribution in [-0.4, -0.2) is 23.1 Å². The number of hydrogen-bond acceptors (Lipinski definition) is 4. The summed E-state index contributed by atoms with van der Waals surface area (Å²) in [6.07, 6.45) is 2.79. The van der Waals surface area contributed by atoms with Crippen LogP contribution in [0.4, 0.5) is 4.79 Å². The number of urea groups is 1. The van der Waals surface area contributed by atoms with Gasteiger partial charge in [0.15, 0.2) is 5.76 Å². The third kappa shape index (κ3) is 5.48. The van der Waals surface area contributed by atoms with Crippen LogP contribution in [0.3, 0.4) is 0 Å².